The Morgan fingerprint density at radius 1 is 1.42 bits per heavy atom. The largest absolute Gasteiger partial charge is 0.480 e. The van der Waals surface area contributed by atoms with E-state index in [0.717, 1.165) is 17.1 Å². The van der Waals surface area contributed by atoms with E-state index in [2.05, 4.69) is 5.32 Å². The van der Waals surface area contributed by atoms with Crippen molar-refractivity contribution in [2.75, 3.05) is 12.3 Å². The van der Waals surface area contributed by atoms with Crippen molar-refractivity contribution >= 4 is 40.9 Å². The molecule has 19 heavy (non-hydrogen) atoms. The van der Waals surface area contributed by atoms with Crippen molar-refractivity contribution in [3.63, 3.8) is 0 Å². The summed E-state index contributed by atoms with van der Waals surface area (Å²) < 4.78 is 0. The van der Waals surface area contributed by atoms with E-state index < -0.39 is 11.5 Å². The number of carboxylic acid groups (broad SMARTS) is 1. The number of aliphatic carboxylic acids is 1. The van der Waals surface area contributed by atoms with Gasteiger partial charge in [0.25, 0.3) is 0 Å². The van der Waals surface area contributed by atoms with E-state index in [1.165, 1.54) is 0 Å². The predicted molar refractivity (Wildman–Crippen MR) is 79.4 cm³/mol. The SMILES string of the molecule is O=C(O)C1(NCCSc2cc(Cl)ccc2Cl)CCC1. The number of hydrogen-bond donors (Lipinski definition) is 2. The van der Waals surface area contributed by atoms with E-state index in [9.17, 15) is 9.90 Å². The van der Waals surface area contributed by atoms with Crippen LogP contribution in [-0.2, 0) is 4.79 Å². The number of carboxylic acids is 1. The van der Waals surface area contributed by atoms with E-state index in [1.54, 1.807) is 23.9 Å². The molecule has 1 saturated carbocycles. The molecule has 2 rings (SSSR count). The van der Waals surface area contributed by atoms with Crippen LogP contribution in [0.2, 0.25) is 10.0 Å². The molecule has 1 aromatic rings. The minimum Gasteiger partial charge on any atom is -0.480 e. The van der Waals surface area contributed by atoms with Gasteiger partial charge in [0.05, 0.1) is 5.02 Å². The molecule has 1 fully saturated rings. The maximum Gasteiger partial charge on any atom is 0.323 e. The highest BCUT2D eigenvalue weighted by Crippen LogP contribution is 2.33. The quantitative estimate of drug-likeness (QED) is 0.620. The molecule has 6 heteroatoms. The molecule has 0 bridgehead atoms. The maximum atomic E-state index is 11.2. The lowest BCUT2D eigenvalue weighted by Gasteiger charge is -2.38. The molecule has 0 spiro atoms. The third kappa shape index (κ3) is 3.57. The van der Waals surface area contributed by atoms with Gasteiger partial charge in [-0.1, -0.05) is 23.2 Å². The number of halogens is 2. The monoisotopic (exact) mass is 319 g/mol. The minimum atomic E-state index is -0.746. The van der Waals surface area contributed by atoms with Gasteiger partial charge in [-0.05, 0) is 37.5 Å². The van der Waals surface area contributed by atoms with Crippen LogP contribution >= 0.6 is 35.0 Å². The van der Waals surface area contributed by atoms with Gasteiger partial charge in [0.2, 0.25) is 0 Å². The molecular weight excluding hydrogens is 305 g/mol. The van der Waals surface area contributed by atoms with Crippen LogP contribution in [-0.4, -0.2) is 28.9 Å². The van der Waals surface area contributed by atoms with Crippen LogP contribution in [0.5, 0.6) is 0 Å². The molecule has 0 atom stereocenters. The molecule has 0 unspecified atom stereocenters. The lowest BCUT2D eigenvalue weighted by molar-refractivity contribution is -0.148. The van der Waals surface area contributed by atoms with Crippen LogP contribution in [0.25, 0.3) is 0 Å². The van der Waals surface area contributed by atoms with E-state index in [0.29, 0.717) is 29.4 Å². The minimum absolute atomic E-state index is 0.639. The van der Waals surface area contributed by atoms with Crippen LogP contribution in [0, 0.1) is 0 Å². The highest BCUT2D eigenvalue weighted by atomic mass is 35.5. The zero-order chi connectivity index (χ0) is 13.9. The van der Waals surface area contributed by atoms with Crippen LogP contribution in [0.4, 0.5) is 0 Å². The lowest BCUT2D eigenvalue weighted by Crippen LogP contribution is -2.57. The zero-order valence-electron chi connectivity index (χ0n) is 10.3. The summed E-state index contributed by atoms with van der Waals surface area (Å²) in [5, 5.41) is 13.6. The highest BCUT2D eigenvalue weighted by molar-refractivity contribution is 7.99. The Bertz CT molecular complexity index is 478. The molecule has 0 amide bonds. The fourth-order valence-electron chi connectivity index (χ4n) is 2.04. The van der Waals surface area contributed by atoms with Gasteiger partial charge >= 0.3 is 5.97 Å². The first-order valence-corrected chi connectivity index (χ1v) is 7.84. The summed E-state index contributed by atoms with van der Waals surface area (Å²) in [5.74, 6) is 0.0132. The normalized spacial score (nSPS) is 16.9. The number of benzene rings is 1. The van der Waals surface area contributed by atoms with Crippen molar-refractivity contribution in [1.29, 1.82) is 0 Å². The third-order valence-corrected chi connectivity index (χ3v) is 5.07. The second kappa shape index (κ2) is 6.35. The molecule has 2 N–H and O–H groups in total. The number of carbonyl (C=O) groups is 1. The number of thioether (sulfide) groups is 1. The van der Waals surface area contributed by atoms with Crippen molar-refractivity contribution in [3.05, 3.63) is 28.2 Å². The van der Waals surface area contributed by atoms with Gasteiger partial charge in [-0.25, -0.2) is 0 Å². The topological polar surface area (TPSA) is 49.3 Å². The summed E-state index contributed by atoms with van der Waals surface area (Å²) >= 11 is 13.5. The molecule has 104 valence electrons. The molecule has 0 saturated heterocycles. The van der Waals surface area contributed by atoms with E-state index in [-0.39, 0.29) is 0 Å². The van der Waals surface area contributed by atoms with Crippen LogP contribution < -0.4 is 5.32 Å². The Kier molecular flexibility index (Phi) is 5.01. The summed E-state index contributed by atoms with van der Waals surface area (Å²) in [4.78, 5) is 12.1. The van der Waals surface area contributed by atoms with Crippen molar-refractivity contribution in [2.45, 2.75) is 29.7 Å². The van der Waals surface area contributed by atoms with E-state index in [4.69, 9.17) is 23.2 Å². The second-order valence-electron chi connectivity index (χ2n) is 4.59. The van der Waals surface area contributed by atoms with Crippen LogP contribution in [0.1, 0.15) is 19.3 Å². The molecule has 1 aliphatic carbocycles. The Morgan fingerprint density at radius 2 is 2.16 bits per heavy atom. The highest BCUT2D eigenvalue weighted by Gasteiger charge is 2.43. The standard InChI is InChI=1S/C13H15Cl2NO2S/c14-9-2-3-10(15)11(8-9)19-7-6-16-13(12(17)18)4-1-5-13/h2-3,8,16H,1,4-7H2,(H,17,18). The average Bonchev–Trinajstić information content (AvgIpc) is 2.30. The number of nitrogens with one attached hydrogen (secondary N) is 1. The molecule has 1 aliphatic rings. The first kappa shape index (κ1) is 15.0. The summed E-state index contributed by atoms with van der Waals surface area (Å²) in [5.41, 5.74) is -0.696. The molecule has 0 aliphatic heterocycles. The Hall–Kier alpha value is -0.420. The van der Waals surface area contributed by atoms with E-state index >= 15 is 0 Å². The first-order valence-electron chi connectivity index (χ1n) is 6.10. The summed E-state index contributed by atoms with van der Waals surface area (Å²) in [6.07, 6.45) is 2.41. The fourth-order valence-corrected chi connectivity index (χ4v) is 3.39. The van der Waals surface area contributed by atoms with Gasteiger partial charge in [0.15, 0.2) is 0 Å². The van der Waals surface area contributed by atoms with Crippen LogP contribution in [0.15, 0.2) is 23.1 Å². The Labute approximate surface area is 126 Å². The predicted octanol–water partition coefficient (Wildman–Crippen LogP) is 3.68. The van der Waals surface area contributed by atoms with Crippen molar-refractivity contribution in [1.82, 2.24) is 5.32 Å². The Morgan fingerprint density at radius 3 is 2.74 bits per heavy atom. The molecule has 0 radical (unpaired) electrons. The van der Waals surface area contributed by atoms with Gasteiger partial charge in [0.1, 0.15) is 5.54 Å². The molecular formula is C13H15Cl2NO2S. The average molecular weight is 320 g/mol. The summed E-state index contributed by atoms with van der Waals surface area (Å²) in [6.45, 7) is 0.639. The smallest absolute Gasteiger partial charge is 0.323 e. The van der Waals surface area contributed by atoms with Gasteiger partial charge in [0, 0.05) is 22.2 Å². The van der Waals surface area contributed by atoms with Gasteiger partial charge in [-0.15, -0.1) is 11.8 Å². The molecule has 0 heterocycles. The first-order chi connectivity index (χ1) is 9.03. The maximum absolute atomic E-state index is 11.2. The van der Waals surface area contributed by atoms with Crippen molar-refractivity contribution < 1.29 is 9.90 Å². The van der Waals surface area contributed by atoms with E-state index in [1.807, 2.05) is 6.07 Å². The zero-order valence-corrected chi connectivity index (χ0v) is 12.6. The summed E-state index contributed by atoms with van der Waals surface area (Å²) in [7, 11) is 0. The van der Waals surface area contributed by atoms with Gasteiger partial charge in [-0.2, -0.15) is 0 Å². The number of rotatable bonds is 6. The third-order valence-electron chi connectivity index (χ3n) is 3.33. The van der Waals surface area contributed by atoms with Gasteiger partial charge in [-0.3, -0.25) is 4.79 Å². The summed E-state index contributed by atoms with van der Waals surface area (Å²) in [6, 6.07) is 5.34. The molecule has 0 aromatic heterocycles. The van der Waals surface area contributed by atoms with Crippen molar-refractivity contribution in [2.24, 2.45) is 0 Å². The molecule has 3 nitrogen and oxygen atoms in total. The fraction of sp³-hybridized carbons (Fsp3) is 0.462. The van der Waals surface area contributed by atoms with Crippen molar-refractivity contribution in [3.8, 4) is 0 Å². The Balaban J connectivity index is 1.81. The van der Waals surface area contributed by atoms with Gasteiger partial charge < -0.3 is 10.4 Å². The second-order valence-corrected chi connectivity index (χ2v) is 6.57. The molecule has 1 aromatic carbocycles. The lowest BCUT2D eigenvalue weighted by atomic mass is 9.77. The number of hydrogen-bond acceptors (Lipinski definition) is 3. The van der Waals surface area contributed by atoms with Crippen LogP contribution in [0.3, 0.4) is 0 Å².